The molecule has 0 aliphatic heterocycles. The Balaban J connectivity index is 1.24. The molecule has 0 N–H and O–H groups in total. The van der Waals surface area contributed by atoms with E-state index in [4.69, 9.17) is 16.0 Å². The molecular weight excluding hydrogens is 626 g/mol. The molecule has 0 fully saturated rings. The molecule has 0 aliphatic rings. The molecular formula is C44H26ClNOS. The van der Waals surface area contributed by atoms with Crippen molar-refractivity contribution in [1.82, 2.24) is 0 Å². The van der Waals surface area contributed by atoms with Crippen molar-refractivity contribution in [3.8, 4) is 11.1 Å². The third-order valence-electron chi connectivity index (χ3n) is 9.52. The standard InChI is InChI=1S/C44H26ClNOS/c45-38-15-8-16-41-43(38)37-22-19-30(26-42(37)48-41)46(39-24-23-31(27-9-2-1-3-10-27)33-13-6-7-14-34(33)39)29-18-21-35-36-20-17-28-11-4-5-12-32(28)44(36)47-40(35)25-29/h1-26H. The van der Waals surface area contributed by atoms with Crippen molar-refractivity contribution in [3.63, 3.8) is 0 Å². The SMILES string of the molecule is Clc1cccc2sc3cc(N(c4ccc5c(c4)oc4c6ccccc6ccc54)c4ccc(-c5ccccc5)c5ccccc45)ccc3c12. The maximum Gasteiger partial charge on any atom is 0.143 e. The predicted molar refractivity (Wildman–Crippen MR) is 207 cm³/mol. The maximum atomic E-state index is 6.71. The molecule has 0 atom stereocenters. The Kier molecular flexibility index (Phi) is 6.14. The highest BCUT2D eigenvalue weighted by Gasteiger charge is 2.21. The molecule has 0 amide bonds. The third-order valence-corrected chi connectivity index (χ3v) is 11.0. The fourth-order valence-corrected chi connectivity index (χ4v) is 8.81. The van der Waals surface area contributed by atoms with Crippen LogP contribution in [0.3, 0.4) is 0 Å². The van der Waals surface area contributed by atoms with Gasteiger partial charge in [-0.15, -0.1) is 11.3 Å². The van der Waals surface area contributed by atoms with Crippen LogP contribution >= 0.6 is 22.9 Å². The summed E-state index contributed by atoms with van der Waals surface area (Å²) in [6, 6.07) is 56.1. The zero-order valence-electron chi connectivity index (χ0n) is 25.7. The number of fused-ring (bicyclic) bond motifs is 9. The molecule has 0 saturated carbocycles. The first-order valence-electron chi connectivity index (χ1n) is 16.0. The summed E-state index contributed by atoms with van der Waals surface area (Å²) in [6.07, 6.45) is 0. The van der Waals surface area contributed by atoms with E-state index >= 15 is 0 Å². The number of anilines is 3. The van der Waals surface area contributed by atoms with Crippen molar-refractivity contribution in [3.05, 3.63) is 163 Å². The molecule has 8 aromatic carbocycles. The van der Waals surface area contributed by atoms with Crippen molar-refractivity contribution in [1.29, 1.82) is 0 Å². The predicted octanol–water partition coefficient (Wildman–Crippen LogP) is 14.1. The monoisotopic (exact) mass is 651 g/mol. The lowest BCUT2D eigenvalue weighted by molar-refractivity contribution is 0.673. The van der Waals surface area contributed by atoms with Crippen molar-refractivity contribution < 1.29 is 4.42 Å². The molecule has 10 rings (SSSR count). The highest BCUT2D eigenvalue weighted by Crippen LogP contribution is 2.46. The minimum absolute atomic E-state index is 0.786. The first-order chi connectivity index (χ1) is 23.7. The summed E-state index contributed by atoms with van der Waals surface area (Å²) in [7, 11) is 0. The van der Waals surface area contributed by atoms with Gasteiger partial charge in [-0.25, -0.2) is 0 Å². The normalized spacial score (nSPS) is 11.9. The minimum atomic E-state index is 0.786. The van der Waals surface area contributed by atoms with Gasteiger partial charge in [0.15, 0.2) is 0 Å². The zero-order chi connectivity index (χ0) is 31.8. The van der Waals surface area contributed by atoms with E-state index in [0.29, 0.717) is 0 Å². The number of hydrogen-bond acceptors (Lipinski definition) is 3. The van der Waals surface area contributed by atoms with E-state index in [1.54, 1.807) is 11.3 Å². The van der Waals surface area contributed by atoms with Gasteiger partial charge in [-0.3, -0.25) is 0 Å². The van der Waals surface area contributed by atoms with Gasteiger partial charge in [0.2, 0.25) is 0 Å². The molecule has 0 spiro atoms. The van der Waals surface area contributed by atoms with Crippen molar-refractivity contribution in [2.24, 2.45) is 0 Å². The number of furan rings is 1. The van der Waals surface area contributed by atoms with Crippen LogP contribution in [0.5, 0.6) is 0 Å². The van der Waals surface area contributed by atoms with Crippen LogP contribution in [0, 0.1) is 0 Å². The molecule has 0 saturated heterocycles. The van der Waals surface area contributed by atoms with Gasteiger partial charge in [0.25, 0.3) is 0 Å². The average molecular weight is 652 g/mol. The van der Waals surface area contributed by atoms with E-state index in [1.165, 1.54) is 42.1 Å². The van der Waals surface area contributed by atoms with Crippen LogP contribution in [0.4, 0.5) is 17.1 Å². The molecule has 0 aliphatic carbocycles. The Bertz CT molecular complexity index is 2870. The minimum Gasteiger partial charge on any atom is -0.455 e. The largest absolute Gasteiger partial charge is 0.455 e. The van der Waals surface area contributed by atoms with Crippen molar-refractivity contribution in [2.75, 3.05) is 4.90 Å². The summed E-state index contributed by atoms with van der Waals surface area (Å²) in [5.74, 6) is 0. The van der Waals surface area contributed by atoms with Gasteiger partial charge in [0.05, 0.1) is 5.69 Å². The molecule has 10 aromatic rings. The van der Waals surface area contributed by atoms with E-state index in [9.17, 15) is 0 Å². The smallest absolute Gasteiger partial charge is 0.143 e. The molecule has 2 heterocycles. The third kappa shape index (κ3) is 4.18. The number of rotatable bonds is 4. The Hall–Kier alpha value is -5.61. The quantitative estimate of drug-likeness (QED) is 0.188. The van der Waals surface area contributed by atoms with E-state index in [1.807, 2.05) is 12.1 Å². The van der Waals surface area contributed by atoms with E-state index in [-0.39, 0.29) is 0 Å². The van der Waals surface area contributed by atoms with Crippen LogP contribution < -0.4 is 4.90 Å². The van der Waals surface area contributed by atoms with Crippen molar-refractivity contribution >= 4 is 104 Å². The number of thiophene rings is 1. The first kappa shape index (κ1) is 27.5. The Labute approximate surface area is 285 Å². The van der Waals surface area contributed by atoms with Crippen LogP contribution in [0.25, 0.3) is 74.8 Å². The average Bonchev–Trinajstić information content (AvgIpc) is 3.71. The topological polar surface area (TPSA) is 16.4 Å². The summed E-state index contributed by atoms with van der Waals surface area (Å²) < 4.78 is 9.06. The van der Waals surface area contributed by atoms with Gasteiger partial charge in [-0.2, -0.15) is 0 Å². The molecule has 226 valence electrons. The molecule has 2 aromatic heterocycles. The summed E-state index contributed by atoms with van der Waals surface area (Å²) in [5, 5.41) is 9.99. The van der Waals surface area contributed by atoms with Crippen LogP contribution in [0.2, 0.25) is 5.02 Å². The molecule has 0 unspecified atom stereocenters. The van der Waals surface area contributed by atoms with Crippen molar-refractivity contribution in [2.45, 2.75) is 0 Å². The van der Waals surface area contributed by atoms with Crippen LogP contribution in [-0.2, 0) is 0 Å². The van der Waals surface area contributed by atoms with Gasteiger partial charge in [-0.05, 0) is 70.4 Å². The van der Waals surface area contributed by atoms with Gasteiger partial charge < -0.3 is 9.32 Å². The van der Waals surface area contributed by atoms with Crippen LogP contribution in [0.1, 0.15) is 0 Å². The lowest BCUT2D eigenvalue weighted by atomic mass is 9.96. The summed E-state index contributed by atoms with van der Waals surface area (Å²) in [4.78, 5) is 2.37. The highest BCUT2D eigenvalue weighted by atomic mass is 35.5. The second-order valence-corrected chi connectivity index (χ2v) is 13.7. The van der Waals surface area contributed by atoms with E-state index in [0.717, 1.165) is 54.8 Å². The number of hydrogen-bond donors (Lipinski definition) is 0. The fourth-order valence-electron chi connectivity index (χ4n) is 7.32. The number of benzene rings is 8. The molecule has 0 radical (unpaired) electrons. The lowest BCUT2D eigenvalue weighted by Gasteiger charge is -2.27. The first-order valence-corrected chi connectivity index (χ1v) is 17.2. The van der Waals surface area contributed by atoms with Gasteiger partial charge in [0.1, 0.15) is 11.2 Å². The van der Waals surface area contributed by atoms with Gasteiger partial charge >= 0.3 is 0 Å². The molecule has 0 bridgehead atoms. The molecule has 48 heavy (non-hydrogen) atoms. The molecule has 4 heteroatoms. The fraction of sp³-hybridized carbons (Fsp3) is 0. The second-order valence-electron chi connectivity index (χ2n) is 12.2. The Morgan fingerprint density at radius 1 is 0.500 bits per heavy atom. The van der Waals surface area contributed by atoms with Gasteiger partial charge in [0, 0.05) is 64.2 Å². The summed E-state index contributed by atoms with van der Waals surface area (Å²) in [5.41, 5.74) is 7.41. The lowest BCUT2D eigenvalue weighted by Crippen LogP contribution is -2.10. The number of halogens is 1. The number of nitrogens with zero attached hydrogens (tertiary/aromatic N) is 1. The summed E-state index contributed by atoms with van der Waals surface area (Å²) in [6.45, 7) is 0. The van der Waals surface area contributed by atoms with Crippen LogP contribution in [0.15, 0.2) is 162 Å². The van der Waals surface area contributed by atoms with E-state index < -0.39 is 0 Å². The van der Waals surface area contributed by atoms with E-state index in [2.05, 4.69) is 150 Å². The Morgan fingerprint density at radius 3 is 2.10 bits per heavy atom. The van der Waals surface area contributed by atoms with Crippen LogP contribution in [-0.4, -0.2) is 0 Å². The maximum absolute atomic E-state index is 6.71. The van der Waals surface area contributed by atoms with Gasteiger partial charge in [-0.1, -0.05) is 115 Å². The zero-order valence-corrected chi connectivity index (χ0v) is 27.2. The molecule has 2 nitrogen and oxygen atoms in total. The highest BCUT2D eigenvalue weighted by molar-refractivity contribution is 7.26. The summed E-state index contributed by atoms with van der Waals surface area (Å²) >= 11 is 8.49. The second kappa shape index (κ2) is 10.7. The Morgan fingerprint density at radius 2 is 1.23 bits per heavy atom.